The van der Waals surface area contributed by atoms with Crippen molar-refractivity contribution in [3.8, 4) is 0 Å². The molecule has 20 heavy (non-hydrogen) atoms. The second kappa shape index (κ2) is 5.04. The fraction of sp³-hybridized carbons (Fsp3) is 0.667. The van der Waals surface area contributed by atoms with E-state index < -0.39 is 0 Å². The SMILES string of the molecule is CC(C)=C[C@@H]1[C@@H](C(=O)N[C@H](C)c2nncn2C)C1(C)C. The van der Waals surface area contributed by atoms with Crippen LogP contribution in [0.25, 0.3) is 0 Å². The minimum Gasteiger partial charge on any atom is -0.346 e. The van der Waals surface area contributed by atoms with Crippen molar-refractivity contribution in [3.05, 3.63) is 23.8 Å². The molecule has 0 radical (unpaired) electrons. The van der Waals surface area contributed by atoms with Gasteiger partial charge in [0.15, 0.2) is 5.82 Å². The summed E-state index contributed by atoms with van der Waals surface area (Å²) in [6.45, 7) is 10.4. The van der Waals surface area contributed by atoms with E-state index in [-0.39, 0.29) is 23.3 Å². The Morgan fingerprint density at radius 1 is 1.50 bits per heavy atom. The molecule has 1 aliphatic rings. The number of allylic oxidation sites excluding steroid dienone is 2. The highest BCUT2D eigenvalue weighted by atomic mass is 16.2. The quantitative estimate of drug-likeness (QED) is 0.858. The van der Waals surface area contributed by atoms with Crippen LogP contribution in [0.5, 0.6) is 0 Å². The van der Waals surface area contributed by atoms with Gasteiger partial charge in [-0.15, -0.1) is 10.2 Å². The first-order valence-corrected chi connectivity index (χ1v) is 7.04. The standard InChI is InChI=1S/C15H24N4O/c1-9(2)7-11-12(15(11,4)5)14(20)17-10(3)13-18-16-8-19(13)6/h7-8,10-12H,1-6H3,(H,17,20)/t10-,11-,12+/m1/s1. The third-order valence-corrected chi connectivity index (χ3v) is 4.20. The number of nitrogens with zero attached hydrogens (tertiary/aromatic N) is 3. The molecule has 0 saturated heterocycles. The van der Waals surface area contributed by atoms with Gasteiger partial charge in [-0.3, -0.25) is 4.79 Å². The Balaban J connectivity index is 2.03. The van der Waals surface area contributed by atoms with Gasteiger partial charge in [0.05, 0.1) is 12.0 Å². The Hall–Kier alpha value is -1.65. The van der Waals surface area contributed by atoms with Crippen LogP contribution in [0.1, 0.15) is 46.5 Å². The van der Waals surface area contributed by atoms with Gasteiger partial charge in [-0.05, 0) is 32.1 Å². The van der Waals surface area contributed by atoms with Crippen molar-refractivity contribution in [1.29, 1.82) is 0 Å². The molecule has 5 heteroatoms. The van der Waals surface area contributed by atoms with Crippen molar-refractivity contribution in [3.63, 3.8) is 0 Å². The van der Waals surface area contributed by atoms with Crippen LogP contribution >= 0.6 is 0 Å². The Morgan fingerprint density at radius 2 is 2.15 bits per heavy atom. The summed E-state index contributed by atoms with van der Waals surface area (Å²) in [5, 5.41) is 10.9. The lowest BCUT2D eigenvalue weighted by molar-refractivity contribution is -0.123. The normalized spacial score (nSPS) is 24.9. The van der Waals surface area contributed by atoms with Crippen molar-refractivity contribution < 1.29 is 4.79 Å². The lowest BCUT2D eigenvalue weighted by Crippen LogP contribution is -2.31. The van der Waals surface area contributed by atoms with Gasteiger partial charge in [0.25, 0.3) is 0 Å². The van der Waals surface area contributed by atoms with E-state index in [1.54, 1.807) is 6.33 Å². The number of nitrogens with one attached hydrogen (secondary N) is 1. The molecule has 5 nitrogen and oxygen atoms in total. The summed E-state index contributed by atoms with van der Waals surface area (Å²) in [7, 11) is 1.88. The summed E-state index contributed by atoms with van der Waals surface area (Å²) in [5.74, 6) is 1.26. The number of hydrogen-bond acceptors (Lipinski definition) is 3. The van der Waals surface area contributed by atoms with Crippen LogP contribution in [0.3, 0.4) is 0 Å². The third-order valence-electron chi connectivity index (χ3n) is 4.20. The minimum absolute atomic E-state index is 0.0426. The summed E-state index contributed by atoms with van der Waals surface area (Å²) in [6, 6.07) is -0.126. The maximum atomic E-state index is 12.4. The molecule has 1 amide bonds. The fourth-order valence-corrected chi connectivity index (χ4v) is 2.90. The zero-order valence-corrected chi connectivity index (χ0v) is 13.1. The molecule has 110 valence electrons. The molecule has 1 aromatic rings. The highest BCUT2D eigenvalue weighted by Gasteiger charge is 2.60. The first-order chi connectivity index (χ1) is 9.25. The summed E-state index contributed by atoms with van der Waals surface area (Å²) >= 11 is 0. The molecule has 1 fully saturated rings. The molecule has 1 heterocycles. The van der Waals surface area contributed by atoms with Crippen LogP contribution in [0.2, 0.25) is 0 Å². The van der Waals surface area contributed by atoms with Crippen molar-refractivity contribution in [2.45, 2.75) is 40.7 Å². The first-order valence-electron chi connectivity index (χ1n) is 7.04. The molecule has 2 rings (SSSR count). The molecule has 0 bridgehead atoms. The number of aryl methyl sites for hydroxylation is 1. The average Bonchev–Trinajstić information content (AvgIpc) is 2.68. The molecular formula is C15H24N4O. The van der Waals surface area contributed by atoms with Gasteiger partial charge in [0.1, 0.15) is 6.33 Å². The summed E-state index contributed by atoms with van der Waals surface area (Å²) in [4.78, 5) is 12.4. The molecule has 0 unspecified atom stereocenters. The Bertz CT molecular complexity index is 540. The minimum atomic E-state index is -0.126. The van der Waals surface area contributed by atoms with Gasteiger partial charge in [-0.2, -0.15) is 0 Å². The second-order valence-corrected chi connectivity index (χ2v) is 6.60. The van der Waals surface area contributed by atoms with E-state index in [2.05, 4.69) is 49.3 Å². The largest absolute Gasteiger partial charge is 0.346 e. The number of carbonyl (C=O) groups excluding carboxylic acids is 1. The Morgan fingerprint density at radius 3 is 2.65 bits per heavy atom. The van der Waals surface area contributed by atoms with Gasteiger partial charge < -0.3 is 9.88 Å². The molecule has 0 aromatic carbocycles. The van der Waals surface area contributed by atoms with Crippen LogP contribution in [-0.4, -0.2) is 20.7 Å². The van der Waals surface area contributed by atoms with E-state index in [4.69, 9.17) is 0 Å². The van der Waals surface area contributed by atoms with E-state index >= 15 is 0 Å². The molecule has 0 spiro atoms. The molecule has 1 N–H and O–H groups in total. The van der Waals surface area contributed by atoms with Crippen molar-refractivity contribution in [2.75, 3.05) is 0 Å². The van der Waals surface area contributed by atoms with Crippen molar-refractivity contribution in [1.82, 2.24) is 20.1 Å². The van der Waals surface area contributed by atoms with E-state index in [1.807, 2.05) is 18.5 Å². The van der Waals surface area contributed by atoms with Gasteiger partial charge in [-0.25, -0.2) is 0 Å². The topological polar surface area (TPSA) is 59.8 Å². The zero-order chi connectivity index (χ0) is 15.1. The number of aromatic nitrogens is 3. The monoisotopic (exact) mass is 276 g/mol. The lowest BCUT2D eigenvalue weighted by atomic mass is 10.1. The summed E-state index contributed by atoms with van der Waals surface area (Å²) in [5.41, 5.74) is 1.31. The fourth-order valence-electron chi connectivity index (χ4n) is 2.90. The van der Waals surface area contributed by atoms with Crippen LogP contribution in [0.4, 0.5) is 0 Å². The van der Waals surface area contributed by atoms with E-state index in [0.29, 0.717) is 5.92 Å². The highest BCUT2D eigenvalue weighted by Crippen LogP contribution is 2.59. The number of carbonyl (C=O) groups is 1. The van der Waals surface area contributed by atoms with Gasteiger partial charge in [0, 0.05) is 7.05 Å². The molecule has 0 aliphatic heterocycles. The number of rotatable bonds is 4. The predicted molar refractivity (Wildman–Crippen MR) is 77.8 cm³/mol. The predicted octanol–water partition coefficient (Wildman–Crippen LogP) is 2.23. The highest BCUT2D eigenvalue weighted by molar-refractivity contribution is 5.84. The second-order valence-electron chi connectivity index (χ2n) is 6.60. The molecule has 1 saturated carbocycles. The number of hydrogen-bond donors (Lipinski definition) is 1. The van der Waals surface area contributed by atoms with Crippen LogP contribution < -0.4 is 5.32 Å². The van der Waals surface area contributed by atoms with E-state index in [0.717, 1.165) is 5.82 Å². The maximum Gasteiger partial charge on any atom is 0.224 e. The average molecular weight is 276 g/mol. The zero-order valence-electron chi connectivity index (χ0n) is 13.1. The summed E-state index contributed by atoms with van der Waals surface area (Å²) in [6.07, 6.45) is 3.85. The van der Waals surface area contributed by atoms with Crippen LogP contribution in [0, 0.1) is 17.3 Å². The molecule has 3 atom stereocenters. The molecule has 1 aliphatic carbocycles. The lowest BCUT2D eigenvalue weighted by Gasteiger charge is -2.13. The Kier molecular flexibility index (Phi) is 3.71. The third kappa shape index (κ3) is 2.62. The van der Waals surface area contributed by atoms with Crippen LogP contribution in [0.15, 0.2) is 18.0 Å². The van der Waals surface area contributed by atoms with E-state index in [9.17, 15) is 4.79 Å². The Labute approximate surface area is 120 Å². The van der Waals surface area contributed by atoms with Crippen molar-refractivity contribution >= 4 is 5.91 Å². The first kappa shape index (κ1) is 14.8. The van der Waals surface area contributed by atoms with Crippen LogP contribution in [-0.2, 0) is 11.8 Å². The van der Waals surface area contributed by atoms with Gasteiger partial charge in [-0.1, -0.05) is 25.5 Å². The number of amides is 1. The van der Waals surface area contributed by atoms with Gasteiger partial charge in [0.2, 0.25) is 5.91 Å². The van der Waals surface area contributed by atoms with E-state index in [1.165, 1.54) is 5.57 Å². The van der Waals surface area contributed by atoms with Gasteiger partial charge >= 0.3 is 0 Å². The maximum absolute atomic E-state index is 12.4. The summed E-state index contributed by atoms with van der Waals surface area (Å²) < 4.78 is 1.83. The molecule has 1 aromatic heterocycles. The smallest absolute Gasteiger partial charge is 0.224 e. The molecular weight excluding hydrogens is 252 g/mol. The van der Waals surface area contributed by atoms with Crippen molar-refractivity contribution in [2.24, 2.45) is 24.3 Å².